The molecule has 0 aliphatic heterocycles. The van der Waals surface area contributed by atoms with Crippen LogP contribution in [0.25, 0.3) is 0 Å². The molecule has 0 aliphatic carbocycles. The van der Waals surface area contributed by atoms with Gasteiger partial charge in [0.1, 0.15) is 11.9 Å². The van der Waals surface area contributed by atoms with Gasteiger partial charge in [-0.15, -0.1) is 0 Å². The minimum Gasteiger partial charge on any atom is -0.374 e. The molecule has 0 fully saturated rings. The molecule has 11 heavy (non-hydrogen) atoms. The van der Waals surface area contributed by atoms with E-state index in [4.69, 9.17) is 4.74 Å². The average molecular weight is 158 g/mol. The van der Waals surface area contributed by atoms with Crippen LogP contribution in [0.4, 0.5) is 0 Å². The van der Waals surface area contributed by atoms with Gasteiger partial charge >= 0.3 is 0 Å². The molecule has 0 saturated carbocycles. The lowest BCUT2D eigenvalue weighted by Gasteiger charge is -2.09. The zero-order valence-corrected chi connectivity index (χ0v) is 7.22. The first-order chi connectivity index (χ1) is 5.07. The summed E-state index contributed by atoms with van der Waals surface area (Å²) in [6, 6.07) is 0. The van der Waals surface area contributed by atoms with Crippen LogP contribution >= 0.6 is 0 Å². The van der Waals surface area contributed by atoms with Crippen LogP contribution in [0.15, 0.2) is 0 Å². The van der Waals surface area contributed by atoms with Gasteiger partial charge in [0, 0.05) is 13.5 Å². The van der Waals surface area contributed by atoms with Crippen LogP contribution < -0.4 is 0 Å². The fourth-order valence-electron chi connectivity index (χ4n) is 0.821. The third-order valence-electron chi connectivity index (χ3n) is 1.50. The Labute approximate surface area is 66.7 Å². The number of hydrogen-bond donors (Lipinski definition) is 0. The Hall–Kier alpha value is -0.700. The van der Waals surface area contributed by atoms with Gasteiger partial charge in [0.2, 0.25) is 0 Å². The lowest BCUT2D eigenvalue weighted by atomic mass is 10.1. The smallest absolute Gasteiger partial charge is 0.158 e. The third-order valence-corrected chi connectivity index (χ3v) is 1.50. The molecule has 0 aliphatic rings. The van der Waals surface area contributed by atoms with Gasteiger partial charge in [-0.2, -0.15) is 0 Å². The van der Waals surface area contributed by atoms with E-state index in [1.165, 1.54) is 21.0 Å². The van der Waals surface area contributed by atoms with Crippen molar-refractivity contribution in [1.82, 2.24) is 0 Å². The maximum absolute atomic E-state index is 10.8. The van der Waals surface area contributed by atoms with E-state index in [2.05, 4.69) is 0 Å². The summed E-state index contributed by atoms with van der Waals surface area (Å²) in [5.74, 6) is 0.0713. The fraction of sp³-hybridized carbons (Fsp3) is 0.750. The highest BCUT2D eigenvalue weighted by Gasteiger charge is 2.12. The van der Waals surface area contributed by atoms with E-state index in [-0.39, 0.29) is 11.6 Å². The average Bonchev–Trinajstić information content (AvgIpc) is 1.87. The molecule has 0 aromatic carbocycles. The van der Waals surface area contributed by atoms with E-state index in [0.29, 0.717) is 12.8 Å². The molecule has 3 heteroatoms. The number of rotatable bonds is 5. The zero-order valence-electron chi connectivity index (χ0n) is 7.22. The van der Waals surface area contributed by atoms with Crippen molar-refractivity contribution in [2.75, 3.05) is 7.11 Å². The van der Waals surface area contributed by atoms with Gasteiger partial charge in [0.05, 0.1) is 0 Å². The van der Waals surface area contributed by atoms with Gasteiger partial charge in [-0.05, 0) is 20.3 Å². The van der Waals surface area contributed by atoms with Crippen molar-refractivity contribution in [2.24, 2.45) is 0 Å². The molecule has 64 valence electrons. The first-order valence-corrected chi connectivity index (χ1v) is 3.60. The van der Waals surface area contributed by atoms with Crippen molar-refractivity contribution < 1.29 is 14.3 Å². The van der Waals surface area contributed by atoms with Crippen molar-refractivity contribution in [1.29, 1.82) is 0 Å². The summed E-state index contributed by atoms with van der Waals surface area (Å²) >= 11 is 0. The summed E-state index contributed by atoms with van der Waals surface area (Å²) < 4.78 is 4.86. The van der Waals surface area contributed by atoms with Crippen LogP contribution in [-0.2, 0) is 14.3 Å². The Morgan fingerprint density at radius 1 is 1.36 bits per heavy atom. The van der Waals surface area contributed by atoms with E-state index in [9.17, 15) is 9.59 Å². The number of ketones is 2. The second-order valence-electron chi connectivity index (χ2n) is 2.58. The Morgan fingerprint density at radius 2 is 1.91 bits per heavy atom. The molecule has 0 radical (unpaired) electrons. The topological polar surface area (TPSA) is 43.4 Å². The second-order valence-corrected chi connectivity index (χ2v) is 2.58. The lowest BCUT2D eigenvalue weighted by Crippen LogP contribution is -2.20. The Bertz CT molecular complexity index is 151. The maximum atomic E-state index is 10.8. The van der Waals surface area contributed by atoms with E-state index in [1.54, 1.807) is 0 Å². The second kappa shape index (κ2) is 5.02. The molecule has 3 nitrogen and oxygen atoms in total. The first kappa shape index (κ1) is 10.3. The highest BCUT2D eigenvalue weighted by atomic mass is 16.5. The van der Waals surface area contributed by atoms with Gasteiger partial charge < -0.3 is 9.53 Å². The number of methoxy groups -OCH3 is 1. The van der Waals surface area contributed by atoms with E-state index in [1.807, 2.05) is 0 Å². The van der Waals surface area contributed by atoms with E-state index >= 15 is 0 Å². The van der Waals surface area contributed by atoms with Gasteiger partial charge in [0.25, 0.3) is 0 Å². The molecule has 0 aromatic rings. The number of hydrogen-bond acceptors (Lipinski definition) is 3. The van der Waals surface area contributed by atoms with Gasteiger partial charge in [-0.25, -0.2) is 0 Å². The summed E-state index contributed by atoms with van der Waals surface area (Å²) in [4.78, 5) is 21.3. The molecule has 0 saturated heterocycles. The molecule has 0 spiro atoms. The summed E-state index contributed by atoms with van der Waals surface area (Å²) in [7, 11) is 1.48. The molecular formula is C8H14O3. The molecule has 0 N–H and O–H groups in total. The lowest BCUT2D eigenvalue weighted by molar-refractivity contribution is -0.127. The quantitative estimate of drug-likeness (QED) is 0.598. The minimum absolute atomic E-state index is 0.0197. The third kappa shape index (κ3) is 4.67. The summed E-state index contributed by atoms with van der Waals surface area (Å²) in [5, 5.41) is 0. The molecule has 0 aromatic heterocycles. The Kier molecular flexibility index (Phi) is 4.70. The van der Waals surface area contributed by atoms with Crippen molar-refractivity contribution in [3.63, 3.8) is 0 Å². The number of carbonyl (C=O) groups is 2. The van der Waals surface area contributed by atoms with Crippen LogP contribution in [-0.4, -0.2) is 24.8 Å². The van der Waals surface area contributed by atoms with Crippen LogP contribution in [0, 0.1) is 0 Å². The predicted molar refractivity (Wildman–Crippen MR) is 41.4 cm³/mol. The van der Waals surface area contributed by atoms with Crippen LogP contribution in [0.3, 0.4) is 0 Å². The number of carbonyl (C=O) groups excluding carboxylic acids is 2. The van der Waals surface area contributed by atoms with Crippen LogP contribution in [0.2, 0.25) is 0 Å². The molecule has 0 bridgehead atoms. The summed E-state index contributed by atoms with van der Waals surface area (Å²) in [6.07, 6.45) is 0.512. The molecule has 0 rings (SSSR count). The van der Waals surface area contributed by atoms with Crippen molar-refractivity contribution >= 4 is 11.6 Å². The Balaban J connectivity index is 3.70. The van der Waals surface area contributed by atoms with Gasteiger partial charge in [-0.1, -0.05) is 0 Å². The minimum atomic E-state index is -0.404. The van der Waals surface area contributed by atoms with Crippen molar-refractivity contribution in [2.45, 2.75) is 32.8 Å². The van der Waals surface area contributed by atoms with E-state index in [0.717, 1.165) is 0 Å². The van der Waals surface area contributed by atoms with Crippen LogP contribution in [0.5, 0.6) is 0 Å². The molecular weight excluding hydrogens is 144 g/mol. The fourth-order valence-corrected chi connectivity index (χ4v) is 0.821. The largest absolute Gasteiger partial charge is 0.374 e. The van der Waals surface area contributed by atoms with E-state index < -0.39 is 6.10 Å². The standard InChI is InChI=1S/C8H14O3/c1-6(9)4-5-8(11-3)7(2)10/h8H,4-5H2,1-3H3. The predicted octanol–water partition coefficient (Wildman–Crippen LogP) is 0.960. The van der Waals surface area contributed by atoms with Gasteiger partial charge in [0.15, 0.2) is 5.78 Å². The molecule has 0 amide bonds. The molecule has 1 unspecified atom stereocenters. The van der Waals surface area contributed by atoms with Crippen molar-refractivity contribution in [3.05, 3.63) is 0 Å². The number of Topliss-reactive ketones (excluding diaryl/α,β-unsaturated/α-hetero) is 2. The SMILES string of the molecule is COC(CCC(C)=O)C(C)=O. The van der Waals surface area contributed by atoms with Crippen LogP contribution in [0.1, 0.15) is 26.7 Å². The Morgan fingerprint density at radius 3 is 2.18 bits per heavy atom. The maximum Gasteiger partial charge on any atom is 0.158 e. The molecule has 0 heterocycles. The highest BCUT2D eigenvalue weighted by molar-refractivity contribution is 5.82. The van der Waals surface area contributed by atoms with Crippen molar-refractivity contribution in [3.8, 4) is 0 Å². The monoisotopic (exact) mass is 158 g/mol. The highest BCUT2D eigenvalue weighted by Crippen LogP contribution is 2.02. The first-order valence-electron chi connectivity index (χ1n) is 3.60. The zero-order chi connectivity index (χ0) is 8.85. The normalized spacial score (nSPS) is 12.6. The summed E-state index contributed by atoms with van der Waals surface area (Å²) in [6.45, 7) is 2.97. The summed E-state index contributed by atoms with van der Waals surface area (Å²) in [5.41, 5.74) is 0. The molecule has 1 atom stereocenters. The number of ether oxygens (including phenoxy) is 1. The van der Waals surface area contributed by atoms with Gasteiger partial charge in [-0.3, -0.25) is 4.79 Å².